The van der Waals surface area contributed by atoms with Crippen molar-refractivity contribution in [2.75, 3.05) is 19.0 Å². The number of phenolic OH excluding ortho intramolecular Hbond substituents is 1. The molecule has 4 atom stereocenters. The van der Waals surface area contributed by atoms with Crippen molar-refractivity contribution in [3.05, 3.63) is 36.4 Å². The van der Waals surface area contributed by atoms with Crippen LogP contribution in [0.1, 0.15) is 11.8 Å². The first-order chi connectivity index (χ1) is 14.0. The highest BCUT2D eigenvalue weighted by Crippen LogP contribution is 2.32. The average molecular weight is 403 g/mol. The highest BCUT2D eigenvalue weighted by Gasteiger charge is 2.44. The number of anilines is 1. The molecule has 3 heterocycles. The van der Waals surface area contributed by atoms with E-state index in [1.807, 2.05) is 0 Å². The lowest BCUT2D eigenvalue weighted by Gasteiger charge is -2.16. The van der Waals surface area contributed by atoms with Crippen LogP contribution in [0.5, 0.6) is 11.5 Å². The highest BCUT2D eigenvalue weighted by molar-refractivity contribution is 5.82. The second-order valence-electron chi connectivity index (χ2n) is 6.63. The Bertz CT molecular complexity index is 1010. The van der Waals surface area contributed by atoms with Gasteiger partial charge in [-0.1, -0.05) is 6.07 Å². The van der Waals surface area contributed by atoms with Crippen LogP contribution in [-0.4, -0.2) is 72.0 Å². The van der Waals surface area contributed by atoms with E-state index in [-0.39, 0.29) is 5.75 Å². The summed E-state index contributed by atoms with van der Waals surface area (Å²) in [6, 6.07) is 5.00. The van der Waals surface area contributed by atoms with Gasteiger partial charge in [-0.15, -0.1) is 0 Å². The zero-order chi connectivity index (χ0) is 20.5. The Kier molecular flexibility index (Phi) is 5.20. The number of fused-ring (bicyclic) bond motifs is 1. The number of aliphatic hydroxyl groups is 3. The lowest BCUT2D eigenvalue weighted by atomic mass is 10.1. The molecule has 0 saturated carbocycles. The predicted molar refractivity (Wildman–Crippen MR) is 100 cm³/mol. The Morgan fingerprint density at radius 1 is 1.21 bits per heavy atom. The van der Waals surface area contributed by atoms with Crippen LogP contribution in [0.25, 0.3) is 11.2 Å². The molecule has 0 unspecified atom stereocenters. The molecule has 0 amide bonds. The van der Waals surface area contributed by atoms with E-state index in [1.54, 1.807) is 18.2 Å². The largest absolute Gasteiger partial charge is 0.504 e. The quantitative estimate of drug-likeness (QED) is 0.372. The number of nitrogens with one attached hydrogen (secondary N) is 1. The number of rotatable bonds is 6. The summed E-state index contributed by atoms with van der Waals surface area (Å²) in [5.74, 6) is 0.885. The standard InChI is InChI=1S/C18H21N5O6/c1-28-11-4-9(2-3-10(11)25)5-19-16-13-17(21-7-20-16)23(8-22-13)18-15(27)14(26)12(6-24)29-18/h2-4,7-8,12,14-15,18,24-27H,5-6H2,1H3,(H,19,20,21)/t12-,14-,15-,18-/m1/s1. The second kappa shape index (κ2) is 7.79. The van der Waals surface area contributed by atoms with Gasteiger partial charge in [-0.05, 0) is 17.7 Å². The van der Waals surface area contributed by atoms with Gasteiger partial charge in [-0.2, -0.15) is 0 Å². The molecule has 3 aromatic rings. The molecule has 11 nitrogen and oxygen atoms in total. The lowest BCUT2D eigenvalue weighted by molar-refractivity contribution is -0.0511. The van der Waals surface area contributed by atoms with E-state index in [9.17, 15) is 20.4 Å². The Balaban J connectivity index is 1.58. The molecule has 29 heavy (non-hydrogen) atoms. The van der Waals surface area contributed by atoms with E-state index in [1.165, 1.54) is 24.3 Å². The number of nitrogens with zero attached hydrogens (tertiary/aromatic N) is 4. The molecule has 0 bridgehead atoms. The monoisotopic (exact) mass is 403 g/mol. The number of methoxy groups -OCH3 is 1. The summed E-state index contributed by atoms with van der Waals surface area (Å²) in [6.07, 6.45) is -1.49. The van der Waals surface area contributed by atoms with Gasteiger partial charge < -0.3 is 35.2 Å². The Morgan fingerprint density at radius 2 is 2.03 bits per heavy atom. The van der Waals surface area contributed by atoms with Crippen molar-refractivity contribution in [2.24, 2.45) is 0 Å². The molecule has 0 aliphatic carbocycles. The molecular weight excluding hydrogens is 382 g/mol. The minimum absolute atomic E-state index is 0.0536. The van der Waals surface area contributed by atoms with Gasteiger partial charge in [0.15, 0.2) is 34.7 Å². The van der Waals surface area contributed by atoms with Crippen LogP contribution in [-0.2, 0) is 11.3 Å². The molecule has 1 aliphatic heterocycles. The van der Waals surface area contributed by atoms with Gasteiger partial charge in [-0.25, -0.2) is 15.0 Å². The molecular formula is C18H21N5O6. The second-order valence-corrected chi connectivity index (χ2v) is 6.63. The van der Waals surface area contributed by atoms with Gasteiger partial charge in [0.2, 0.25) is 0 Å². The first-order valence-corrected chi connectivity index (χ1v) is 8.93. The van der Waals surface area contributed by atoms with Crippen molar-refractivity contribution in [3.63, 3.8) is 0 Å². The molecule has 1 saturated heterocycles. The molecule has 1 fully saturated rings. The van der Waals surface area contributed by atoms with Crippen molar-refractivity contribution >= 4 is 17.0 Å². The SMILES string of the molecule is COc1cc(CNc2ncnc3c2ncn3[C@@H]2O[C@H](CO)[C@@H](O)[C@H]2O)ccc1O. The first-order valence-electron chi connectivity index (χ1n) is 8.93. The zero-order valence-corrected chi connectivity index (χ0v) is 15.5. The van der Waals surface area contributed by atoms with Crippen LogP contribution in [0.4, 0.5) is 5.82 Å². The number of imidazole rings is 1. The summed E-state index contributed by atoms with van der Waals surface area (Å²) in [4.78, 5) is 12.7. The maximum absolute atomic E-state index is 10.3. The highest BCUT2D eigenvalue weighted by atomic mass is 16.6. The molecule has 0 radical (unpaired) electrons. The third-order valence-corrected chi connectivity index (χ3v) is 4.85. The van der Waals surface area contributed by atoms with Gasteiger partial charge in [-0.3, -0.25) is 4.57 Å². The summed E-state index contributed by atoms with van der Waals surface area (Å²) >= 11 is 0. The normalized spacial score (nSPS) is 24.1. The zero-order valence-electron chi connectivity index (χ0n) is 15.5. The molecule has 1 aromatic carbocycles. The number of benzene rings is 1. The van der Waals surface area contributed by atoms with Crippen LogP contribution in [0.15, 0.2) is 30.9 Å². The van der Waals surface area contributed by atoms with Crippen molar-refractivity contribution in [1.82, 2.24) is 19.5 Å². The topological polar surface area (TPSA) is 155 Å². The van der Waals surface area contributed by atoms with Gasteiger partial charge in [0, 0.05) is 6.54 Å². The molecule has 2 aromatic heterocycles. The van der Waals surface area contributed by atoms with Gasteiger partial charge in [0.05, 0.1) is 20.0 Å². The third-order valence-electron chi connectivity index (χ3n) is 4.85. The van der Waals surface area contributed by atoms with Crippen LogP contribution >= 0.6 is 0 Å². The minimum atomic E-state index is -1.24. The Hall–Kier alpha value is -2.99. The van der Waals surface area contributed by atoms with Crippen LogP contribution in [0.2, 0.25) is 0 Å². The minimum Gasteiger partial charge on any atom is -0.504 e. The smallest absolute Gasteiger partial charge is 0.167 e. The summed E-state index contributed by atoms with van der Waals surface area (Å²) in [6.45, 7) is -0.0251. The summed E-state index contributed by atoms with van der Waals surface area (Å²) in [5.41, 5.74) is 1.71. The summed E-state index contributed by atoms with van der Waals surface area (Å²) < 4.78 is 12.2. The van der Waals surface area contributed by atoms with Gasteiger partial charge >= 0.3 is 0 Å². The number of phenols is 1. The van der Waals surface area contributed by atoms with E-state index >= 15 is 0 Å². The molecule has 4 rings (SSSR count). The van der Waals surface area contributed by atoms with E-state index in [0.717, 1.165) is 5.56 Å². The number of aliphatic hydroxyl groups excluding tert-OH is 3. The third kappa shape index (κ3) is 3.44. The fourth-order valence-electron chi connectivity index (χ4n) is 3.30. The fraction of sp³-hybridized carbons (Fsp3) is 0.389. The maximum Gasteiger partial charge on any atom is 0.167 e. The summed E-state index contributed by atoms with van der Waals surface area (Å²) in [5, 5.41) is 42.4. The average Bonchev–Trinajstić information content (AvgIpc) is 3.29. The first kappa shape index (κ1) is 19.3. The van der Waals surface area contributed by atoms with Crippen molar-refractivity contribution in [2.45, 2.75) is 31.1 Å². The number of ether oxygens (including phenoxy) is 2. The van der Waals surface area contributed by atoms with Gasteiger partial charge in [0.1, 0.15) is 24.6 Å². The van der Waals surface area contributed by atoms with Crippen molar-refractivity contribution < 1.29 is 29.9 Å². The van der Waals surface area contributed by atoms with E-state index in [4.69, 9.17) is 9.47 Å². The number of aromatic hydroxyl groups is 1. The molecule has 11 heteroatoms. The molecule has 5 N–H and O–H groups in total. The van der Waals surface area contributed by atoms with Gasteiger partial charge in [0.25, 0.3) is 0 Å². The number of aromatic nitrogens is 4. The number of hydrogen-bond donors (Lipinski definition) is 5. The van der Waals surface area contributed by atoms with Crippen LogP contribution < -0.4 is 10.1 Å². The van der Waals surface area contributed by atoms with Crippen molar-refractivity contribution in [1.29, 1.82) is 0 Å². The van der Waals surface area contributed by atoms with Crippen molar-refractivity contribution in [3.8, 4) is 11.5 Å². The van der Waals surface area contributed by atoms with Crippen LogP contribution in [0, 0.1) is 0 Å². The van der Waals surface area contributed by atoms with E-state index in [0.29, 0.717) is 29.3 Å². The Morgan fingerprint density at radius 3 is 2.76 bits per heavy atom. The predicted octanol–water partition coefficient (Wildman–Crippen LogP) is -0.236. The van der Waals surface area contributed by atoms with Crippen LogP contribution in [0.3, 0.4) is 0 Å². The molecule has 0 spiro atoms. The molecule has 154 valence electrons. The lowest BCUT2D eigenvalue weighted by Crippen LogP contribution is -2.33. The maximum atomic E-state index is 10.3. The Labute approximate surface area is 165 Å². The summed E-state index contributed by atoms with van der Waals surface area (Å²) in [7, 11) is 1.48. The van der Waals surface area contributed by atoms with E-state index in [2.05, 4.69) is 20.3 Å². The van der Waals surface area contributed by atoms with E-state index < -0.39 is 31.1 Å². The fourth-order valence-corrected chi connectivity index (χ4v) is 3.30. The molecule has 1 aliphatic rings. The number of hydrogen-bond acceptors (Lipinski definition) is 10.